The molecule has 0 saturated carbocycles. The predicted molar refractivity (Wildman–Crippen MR) is 73.5 cm³/mol. The molecule has 0 bridgehead atoms. The fraction of sp³-hybridized carbons (Fsp3) is 0.143. The predicted octanol–water partition coefficient (Wildman–Crippen LogP) is 0.983. The monoisotopic (exact) mass is 254 g/mol. The number of nitrogens with zero attached hydrogens (tertiary/aromatic N) is 2. The van der Waals surface area contributed by atoms with Crippen molar-refractivity contribution in [2.24, 2.45) is 12.8 Å². The van der Waals surface area contributed by atoms with Crippen LogP contribution in [0.4, 0.5) is 5.69 Å². The summed E-state index contributed by atoms with van der Waals surface area (Å²) in [6, 6.07) is 7.27. The molecule has 0 spiro atoms. The van der Waals surface area contributed by atoms with Gasteiger partial charge in [0.25, 0.3) is 5.91 Å². The van der Waals surface area contributed by atoms with Crippen LogP contribution in [0, 0.1) is 11.8 Å². The molecule has 2 aromatic rings. The van der Waals surface area contributed by atoms with Gasteiger partial charge >= 0.3 is 0 Å². The first-order valence-electron chi connectivity index (χ1n) is 5.78. The summed E-state index contributed by atoms with van der Waals surface area (Å²) in [6.45, 7) is 0.333. The Kier molecular flexibility index (Phi) is 3.96. The summed E-state index contributed by atoms with van der Waals surface area (Å²) in [5.74, 6) is 5.51. The van der Waals surface area contributed by atoms with Gasteiger partial charge in [0.05, 0.1) is 18.3 Å². The maximum atomic E-state index is 11.9. The smallest absolute Gasteiger partial charge is 0.258 e. The summed E-state index contributed by atoms with van der Waals surface area (Å²) in [5.41, 5.74) is 7.40. The number of aryl methyl sites for hydroxylation is 1. The average molecular weight is 254 g/mol. The van der Waals surface area contributed by atoms with E-state index in [1.807, 2.05) is 12.1 Å². The lowest BCUT2D eigenvalue weighted by Crippen LogP contribution is -2.10. The van der Waals surface area contributed by atoms with Crippen molar-refractivity contribution in [3.8, 4) is 11.8 Å². The van der Waals surface area contributed by atoms with Gasteiger partial charge in [-0.05, 0) is 24.3 Å². The highest BCUT2D eigenvalue weighted by Crippen LogP contribution is 2.10. The van der Waals surface area contributed by atoms with Crippen molar-refractivity contribution in [2.45, 2.75) is 0 Å². The highest BCUT2D eigenvalue weighted by atomic mass is 16.1. The van der Waals surface area contributed by atoms with E-state index in [4.69, 9.17) is 5.73 Å². The van der Waals surface area contributed by atoms with Crippen molar-refractivity contribution in [3.05, 3.63) is 47.8 Å². The molecule has 1 aromatic carbocycles. The summed E-state index contributed by atoms with van der Waals surface area (Å²) in [5, 5.41) is 6.74. The third-order valence-corrected chi connectivity index (χ3v) is 2.44. The van der Waals surface area contributed by atoms with Gasteiger partial charge in [0.1, 0.15) is 0 Å². The Bertz CT molecular complexity index is 631. The molecule has 5 heteroatoms. The van der Waals surface area contributed by atoms with Crippen LogP contribution < -0.4 is 11.1 Å². The second-order valence-corrected chi connectivity index (χ2v) is 3.94. The van der Waals surface area contributed by atoms with Crippen LogP contribution in [-0.2, 0) is 7.05 Å². The van der Waals surface area contributed by atoms with Gasteiger partial charge in [-0.1, -0.05) is 11.8 Å². The Morgan fingerprint density at radius 3 is 2.74 bits per heavy atom. The van der Waals surface area contributed by atoms with Crippen LogP contribution in [0.2, 0.25) is 0 Å². The number of hydrogen-bond donors (Lipinski definition) is 2. The largest absolute Gasteiger partial charge is 0.322 e. The standard InChI is InChI=1S/C14H14N4O/c1-18-10-12(9-16-18)14(19)17-13-6-4-11(5-7-13)3-2-8-15/h4-7,9-10H,8,15H2,1H3,(H,17,19). The summed E-state index contributed by atoms with van der Waals surface area (Å²) >= 11 is 0. The van der Waals surface area contributed by atoms with Crippen molar-refractivity contribution in [3.63, 3.8) is 0 Å². The molecule has 19 heavy (non-hydrogen) atoms. The van der Waals surface area contributed by atoms with E-state index in [0.717, 1.165) is 5.56 Å². The Labute approximate surface area is 111 Å². The molecule has 96 valence electrons. The minimum atomic E-state index is -0.186. The Morgan fingerprint density at radius 2 is 2.16 bits per heavy atom. The maximum absolute atomic E-state index is 11.9. The summed E-state index contributed by atoms with van der Waals surface area (Å²) in [6.07, 6.45) is 3.19. The molecular formula is C14H14N4O. The van der Waals surface area contributed by atoms with Crippen molar-refractivity contribution in [1.82, 2.24) is 9.78 Å². The second kappa shape index (κ2) is 5.85. The number of aromatic nitrogens is 2. The minimum absolute atomic E-state index is 0.186. The number of nitrogens with one attached hydrogen (secondary N) is 1. The number of anilines is 1. The Hall–Kier alpha value is -2.58. The van der Waals surface area contributed by atoms with E-state index in [0.29, 0.717) is 17.8 Å². The third kappa shape index (κ3) is 3.44. The zero-order valence-corrected chi connectivity index (χ0v) is 10.6. The van der Waals surface area contributed by atoms with Gasteiger partial charge in [-0.3, -0.25) is 9.48 Å². The first-order chi connectivity index (χ1) is 9.19. The van der Waals surface area contributed by atoms with Crippen LogP contribution in [0.25, 0.3) is 0 Å². The Morgan fingerprint density at radius 1 is 1.42 bits per heavy atom. The van der Waals surface area contributed by atoms with Crippen molar-refractivity contribution >= 4 is 11.6 Å². The van der Waals surface area contributed by atoms with Crippen LogP contribution in [0.15, 0.2) is 36.7 Å². The molecule has 0 aliphatic carbocycles. The van der Waals surface area contributed by atoms with Gasteiger partial charge in [0.2, 0.25) is 0 Å². The molecule has 0 atom stereocenters. The lowest BCUT2D eigenvalue weighted by atomic mass is 10.2. The lowest BCUT2D eigenvalue weighted by Gasteiger charge is -2.03. The van der Waals surface area contributed by atoms with E-state index in [-0.39, 0.29) is 5.91 Å². The van der Waals surface area contributed by atoms with Gasteiger partial charge in [0, 0.05) is 24.5 Å². The molecule has 2 rings (SSSR count). The number of rotatable bonds is 2. The number of hydrogen-bond acceptors (Lipinski definition) is 3. The molecule has 0 unspecified atom stereocenters. The minimum Gasteiger partial charge on any atom is -0.322 e. The number of carbonyl (C=O) groups excluding carboxylic acids is 1. The van der Waals surface area contributed by atoms with E-state index in [9.17, 15) is 4.79 Å². The molecule has 1 heterocycles. The van der Waals surface area contributed by atoms with Crippen molar-refractivity contribution in [2.75, 3.05) is 11.9 Å². The Balaban J connectivity index is 2.05. The number of amides is 1. The fourth-order valence-corrected chi connectivity index (χ4v) is 1.53. The fourth-order valence-electron chi connectivity index (χ4n) is 1.53. The van der Waals surface area contributed by atoms with Crippen molar-refractivity contribution in [1.29, 1.82) is 0 Å². The second-order valence-electron chi connectivity index (χ2n) is 3.94. The van der Waals surface area contributed by atoms with Gasteiger partial charge < -0.3 is 11.1 Å². The molecule has 3 N–H and O–H groups in total. The van der Waals surface area contributed by atoms with E-state index in [1.54, 1.807) is 30.1 Å². The quantitative estimate of drug-likeness (QED) is 0.785. The zero-order chi connectivity index (χ0) is 13.7. The highest BCUT2D eigenvalue weighted by molar-refractivity contribution is 6.03. The first-order valence-corrected chi connectivity index (χ1v) is 5.78. The van der Waals surface area contributed by atoms with Gasteiger partial charge in [-0.15, -0.1) is 0 Å². The molecule has 0 radical (unpaired) electrons. The van der Waals surface area contributed by atoms with Crippen LogP contribution in [0.1, 0.15) is 15.9 Å². The summed E-state index contributed by atoms with van der Waals surface area (Å²) < 4.78 is 1.58. The van der Waals surface area contributed by atoms with Crippen LogP contribution in [-0.4, -0.2) is 22.2 Å². The van der Waals surface area contributed by atoms with E-state index < -0.39 is 0 Å². The van der Waals surface area contributed by atoms with Gasteiger partial charge in [-0.2, -0.15) is 5.10 Å². The molecule has 1 amide bonds. The molecule has 0 saturated heterocycles. The zero-order valence-electron chi connectivity index (χ0n) is 10.6. The molecule has 1 aromatic heterocycles. The molecular weight excluding hydrogens is 240 g/mol. The molecule has 0 aliphatic rings. The number of benzene rings is 1. The van der Waals surface area contributed by atoms with E-state index in [2.05, 4.69) is 22.3 Å². The maximum Gasteiger partial charge on any atom is 0.258 e. The highest BCUT2D eigenvalue weighted by Gasteiger charge is 2.07. The molecule has 0 fully saturated rings. The average Bonchev–Trinajstić information content (AvgIpc) is 2.85. The SMILES string of the molecule is Cn1cc(C(=O)Nc2ccc(C#CCN)cc2)cn1. The third-order valence-electron chi connectivity index (χ3n) is 2.44. The number of carbonyl (C=O) groups is 1. The molecule has 5 nitrogen and oxygen atoms in total. The van der Waals surface area contributed by atoms with E-state index >= 15 is 0 Å². The summed E-state index contributed by atoms with van der Waals surface area (Å²) in [4.78, 5) is 11.9. The topological polar surface area (TPSA) is 72.9 Å². The van der Waals surface area contributed by atoms with Crippen LogP contribution >= 0.6 is 0 Å². The first kappa shape index (κ1) is 12.9. The van der Waals surface area contributed by atoms with E-state index in [1.165, 1.54) is 6.20 Å². The lowest BCUT2D eigenvalue weighted by molar-refractivity contribution is 0.102. The van der Waals surface area contributed by atoms with Crippen LogP contribution in [0.5, 0.6) is 0 Å². The van der Waals surface area contributed by atoms with Crippen molar-refractivity contribution < 1.29 is 4.79 Å². The van der Waals surface area contributed by atoms with Crippen LogP contribution in [0.3, 0.4) is 0 Å². The molecule has 0 aliphatic heterocycles. The normalized spacial score (nSPS) is 9.58. The summed E-state index contributed by atoms with van der Waals surface area (Å²) in [7, 11) is 1.77. The van der Waals surface area contributed by atoms with Gasteiger partial charge in [0.15, 0.2) is 0 Å². The number of nitrogens with two attached hydrogens (primary N) is 1. The van der Waals surface area contributed by atoms with Gasteiger partial charge in [-0.25, -0.2) is 0 Å².